The summed E-state index contributed by atoms with van der Waals surface area (Å²) in [6.45, 7) is 2.70. The van der Waals surface area contributed by atoms with E-state index in [2.05, 4.69) is 4.98 Å². The van der Waals surface area contributed by atoms with Gasteiger partial charge in [-0.1, -0.05) is 0 Å². The average molecular weight is 278 g/mol. The zero-order valence-corrected chi connectivity index (χ0v) is 11.4. The minimum Gasteiger partial charge on any atom is -0.482 e. The van der Waals surface area contributed by atoms with Crippen LogP contribution in [-0.2, 0) is 4.79 Å². The fourth-order valence-electron chi connectivity index (χ4n) is 2.31. The summed E-state index contributed by atoms with van der Waals surface area (Å²) in [5.41, 5.74) is 0.0429. The number of likely N-dealkylation sites (tertiary alicyclic amines) is 1. The lowest BCUT2D eigenvalue weighted by molar-refractivity contribution is -0.136. The number of nitrogens with zero attached hydrogens (tertiary/aromatic N) is 2. The Bertz CT molecular complexity index is 504. The monoisotopic (exact) mass is 278 g/mol. The van der Waals surface area contributed by atoms with E-state index in [0.29, 0.717) is 5.75 Å². The van der Waals surface area contributed by atoms with E-state index in [9.17, 15) is 9.59 Å². The number of aromatic carboxylic acids is 1. The van der Waals surface area contributed by atoms with Crippen molar-refractivity contribution in [3.05, 3.63) is 24.0 Å². The third kappa shape index (κ3) is 3.46. The summed E-state index contributed by atoms with van der Waals surface area (Å²) < 4.78 is 5.34. The molecule has 1 amide bonds. The van der Waals surface area contributed by atoms with Gasteiger partial charge in [-0.15, -0.1) is 0 Å². The van der Waals surface area contributed by atoms with Crippen molar-refractivity contribution in [2.45, 2.75) is 32.2 Å². The van der Waals surface area contributed by atoms with Crippen LogP contribution in [0, 0.1) is 0 Å². The molecule has 6 heteroatoms. The fourth-order valence-corrected chi connectivity index (χ4v) is 2.31. The van der Waals surface area contributed by atoms with Crippen molar-refractivity contribution in [3.63, 3.8) is 0 Å². The predicted octanol–water partition coefficient (Wildman–Crippen LogP) is 1.56. The van der Waals surface area contributed by atoms with Gasteiger partial charge in [-0.3, -0.25) is 9.78 Å². The summed E-state index contributed by atoms with van der Waals surface area (Å²) in [5.74, 6) is -0.847. The van der Waals surface area contributed by atoms with Gasteiger partial charge in [-0.2, -0.15) is 0 Å². The highest BCUT2D eigenvalue weighted by Gasteiger charge is 2.23. The third-order valence-electron chi connectivity index (χ3n) is 3.45. The first kappa shape index (κ1) is 14.3. The number of carboxylic acids is 1. The molecule has 6 nitrogen and oxygen atoms in total. The number of aromatic nitrogens is 1. The molecule has 0 saturated carbocycles. The SMILES string of the molecule is CC1CCCCN1C(=O)COc1cncc(C(=O)O)c1. The van der Waals surface area contributed by atoms with E-state index in [0.717, 1.165) is 25.8 Å². The molecule has 108 valence electrons. The number of carbonyl (C=O) groups excluding carboxylic acids is 1. The maximum atomic E-state index is 12.1. The summed E-state index contributed by atoms with van der Waals surface area (Å²) in [5, 5.41) is 8.85. The van der Waals surface area contributed by atoms with Gasteiger partial charge in [0.25, 0.3) is 5.91 Å². The summed E-state index contributed by atoms with van der Waals surface area (Å²) in [7, 11) is 0. The second kappa shape index (κ2) is 6.36. The standard InChI is InChI=1S/C14H18N2O4/c1-10-4-2-3-5-16(10)13(17)9-20-12-6-11(14(18)19)7-15-8-12/h6-8,10H,2-5,9H2,1H3,(H,18,19). The van der Waals surface area contributed by atoms with E-state index < -0.39 is 5.97 Å². The molecule has 1 fully saturated rings. The number of ether oxygens (including phenoxy) is 1. The quantitative estimate of drug-likeness (QED) is 0.904. The molecule has 0 aliphatic carbocycles. The molecular formula is C14H18N2O4. The molecule has 1 saturated heterocycles. The Hall–Kier alpha value is -2.11. The summed E-state index contributed by atoms with van der Waals surface area (Å²) in [4.78, 5) is 28.5. The Balaban J connectivity index is 1.92. The van der Waals surface area contributed by atoms with Crippen LogP contribution >= 0.6 is 0 Å². The van der Waals surface area contributed by atoms with E-state index in [1.165, 1.54) is 18.5 Å². The number of carboxylic acid groups (broad SMARTS) is 1. The number of hydrogen-bond acceptors (Lipinski definition) is 4. The minimum absolute atomic E-state index is 0.0429. The fraction of sp³-hybridized carbons (Fsp3) is 0.500. The molecular weight excluding hydrogens is 260 g/mol. The second-order valence-electron chi connectivity index (χ2n) is 4.94. The van der Waals surface area contributed by atoms with E-state index in [1.54, 1.807) is 0 Å². The van der Waals surface area contributed by atoms with Gasteiger partial charge in [-0.05, 0) is 32.3 Å². The Kier molecular flexibility index (Phi) is 4.55. The highest BCUT2D eigenvalue weighted by molar-refractivity contribution is 5.87. The van der Waals surface area contributed by atoms with Crippen LogP contribution in [0.1, 0.15) is 36.5 Å². The largest absolute Gasteiger partial charge is 0.482 e. The lowest BCUT2D eigenvalue weighted by atomic mass is 10.0. The zero-order chi connectivity index (χ0) is 14.5. The normalized spacial score (nSPS) is 18.6. The number of rotatable bonds is 4. The molecule has 1 aliphatic rings. The average Bonchev–Trinajstić information content (AvgIpc) is 2.45. The van der Waals surface area contributed by atoms with Crippen molar-refractivity contribution in [1.82, 2.24) is 9.88 Å². The Morgan fingerprint density at radius 2 is 2.25 bits per heavy atom. The first-order chi connectivity index (χ1) is 9.58. The lowest BCUT2D eigenvalue weighted by Crippen LogP contribution is -2.44. The van der Waals surface area contributed by atoms with Crippen molar-refractivity contribution >= 4 is 11.9 Å². The number of hydrogen-bond donors (Lipinski definition) is 1. The van der Waals surface area contributed by atoms with Crippen LogP contribution in [0.15, 0.2) is 18.5 Å². The number of amides is 1. The molecule has 2 heterocycles. The van der Waals surface area contributed by atoms with Gasteiger partial charge in [0.05, 0.1) is 11.8 Å². The molecule has 1 aromatic heterocycles. The van der Waals surface area contributed by atoms with Gasteiger partial charge >= 0.3 is 5.97 Å². The summed E-state index contributed by atoms with van der Waals surface area (Å²) in [6.07, 6.45) is 5.83. The van der Waals surface area contributed by atoms with Gasteiger partial charge in [0.15, 0.2) is 6.61 Å². The Morgan fingerprint density at radius 1 is 1.45 bits per heavy atom. The molecule has 1 atom stereocenters. The number of piperidine rings is 1. The van der Waals surface area contributed by atoms with Crippen LogP contribution in [0.2, 0.25) is 0 Å². The van der Waals surface area contributed by atoms with Crippen LogP contribution in [0.5, 0.6) is 5.75 Å². The second-order valence-corrected chi connectivity index (χ2v) is 4.94. The molecule has 1 unspecified atom stereocenters. The molecule has 0 radical (unpaired) electrons. The molecule has 0 aromatic carbocycles. The van der Waals surface area contributed by atoms with Crippen LogP contribution in [-0.4, -0.2) is 46.1 Å². The third-order valence-corrected chi connectivity index (χ3v) is 3.45. The zero-order valence-electron chi connectivity index (χ0n) is 11.4. The van der Waals surface area contributed by atoms with E-state index in [-0.39, 0.29) is 24.1 Å². The highest BCUT2D eigenvalue weighted by Crippen LogP contribution is 2.17. The number of pyridine rings is 1. The van der Waals surface area contributed by atoms with Crippen LogP contribution < -0.4 is 4.74 Å². The molecule has 0 bridgehead atoms. The van der Waals surface area contributed by atoms with Gasteiger partial charge in [0, 0.05) is 18.8 Å². The smallest absolute Gasteiger partial charge is 0.337 e. The maximum Gasteiger partial charge on any atom is 0.337 e. The van der Waals surface area contributed by atoms with Gasteiger partial charge in [-0.25, -0.2) is 4.79 Å². The van der Waals surface area contributed by atoms with E-state index in [4.69, 9.17) is 9.84 Å². The molecule has 1 N–H and O–H groups in total. The van der Waals surface area contributed by atoms with Gasteiger partial charge in [0.1, 0.15) is 5.75 Å². The topological polar surface area (TPSA) is 79.7 Å². The molecule has 1 aliphatic heterocycles. The maximum absolute atomic E-state index is 12.1. The van der Waals surface area contributed by atoms with E-state index >= 15 is 0 Å². The van der Waals surface area contributed by atoms with Crippen LogP contribution in [0.25, 0.3) is 0 Å². The Morgan fingerprint density at radius 3 is 2.95 bits per heavy atom. The van der Waals surface area contributed by atoms with Gasteiger partial charge in [0.2, 0.25) is 0 Å². The first-order valence-corrected chi connectivity index (χ1v) is 6.68. The van der Waals surface area contributed by atoms with Crippen molar-refractivity contribution < 1.29 is 19.4 Å². The summed E-state index contributed by atoms with van der Waals surface area (Å²) in [6, 6.07) is 1.60. The molecule has 0 spiro atoms. The predicted molar refractivity (Wildman–Crippen MR) is 71.7 cm³/mol. The molecule has 1 aromatic rings. The molecule has 2 rings (SSSR count). The highest BCUT2D eigenvalue weighted by atomic mass is 16.5. The van der Waals surface area contributed by atoms with Crippen molar-refractivity contribution in [3.8, 4) is 5.75 Å². The lowest BCUT2D eigenvalue weighted by Gasteiger charge is -2.33. The van der Waals surface area contributed by atoms with Crippen molar-refractivity contribution in [2.24, 2.45) is 0 Å². The molecule has 20 heavy (non-hydrogen) atoms. The summed E-state index contributed by atoms with van der Waals surface area (Å²) >= 11 is 0. The van der Waals surface area contributed by atoms with Gasteiger partial charge < -0.3 is 14.7 Å². The van der Waals surface area contributed by atoms with Crippen LogP contribution in [0.3, 0.4) is 0 Å². The van der Waals surface area contributed by atoms with Crippen molar-refractivity contribution in [2.75, 3.05) is 13.2 Å². The Labute approximate surface area is 117 Å². The van der Waals surface area contributed by atoms with Crippen molar-refractivity contribution in [1.29, 1.82) is 0 Å². The first-order valence-electron chi connectivity index (χ1n) is 6.68. The van der Waals surface area contributed by atoms with Crippen LogP contribution in [0.4, 0.5) is 0 Å². The van der Waals surface area contributed by atoms with E-state index in [1.807, 2.05) is 11.8 Å². The minimum atomic E-state index is -1.07. The number of carbonyl (C=O) groups is 2.